The van der Waals surface area contributed by atoms with Crippen LogP contribution in [0.3, 0.4) is 0 Å². The molecule has 1 unspecified atom stereocenters. The van der Waals surface area contributed by atoms with Gasteiger partial charge in [-0.15, -0.1) is 0 Å². The number of methoxy groups -OCH3 is 1. The normalized spacial score (nSPS) is 17.7. The molecule has 1 heterocycles. The lowest BCUT2D eigenvalue weighted by Crippen LogP contribution is -2.30. The van der Waals surface area contributed by atoms with E-state index in [1.54, 1.807) is 24.3 Å². The molecule has 8 heteroatoms. The van der Waals surface area contributed by atoms with Crippen LogP contribution in [0.4, 0.5) is 5.69 Å². The molecule has 0 spiro atoms. The fraction of sp³-hybridized carbons (Fsp3) is 0.304. The number of likely N-dealkylation sites (tertiary alicyclic amines) is 1. The Bertz CT molecular complexity index is 1030. The number of ether oxygens (including phenoxy) is 1. The molecule has 0 radical (unpaired) electrons. The average Bonchev–Trinajstić information content (AvgIpc) is 3.04. The Morgan fingerprint density at radius 3 is 2.48 bits per heavy atom. The van der Waals surface area contributed by atoms with Crippen molar-refractivity contribution in [2.45, 2.75) is 32.2 Å². The predicted octanol–water partition coefficient (Wildman–Crippen LogP) is 4.22. The Morgan fingerprint density at radius 1 is 1.16 bits per heavy atom. The summed E-state index contributed by atoms with van der Waals surface area (Å²) < 4.78 is 5.29. The summed E-state index contributed by atoms with van der Waals surface area (Å²) in [6.45, 7) is 2.42. The molecule has 0 saturated carbocycles. The molecule has 162 valence electrons. The van der Waals surface area contributed by atoms with Gasteiger partial charge in [-0.1, -0.05) is 31.9 Å². The van der Waals surface area contributed by atoms with Crippen LogP contribution in [0.25, 0.3) is 5.76 Å². The molecule has 3 rings (SSSR count). The van der Waals surface area contributed by atoms with Gasteiger partial charge in [0.05, 0.1) is 23.6 Å². The highest BCUT2D eigenvalue weighted by Crippen LogP contribution is 2.40. The molecule has 1 amide bonds. The summed E-state index contributed by atoms with van der Waals surface area (Å²) in [5, 5.41) is 21.9. The van der Waals surface area contributed by atoms with Crippen molar-refractivity contribution >= 4 is 23.1 Å². The molecule has 0 aliphatic carbocycles. The van der Waals surface area contributed by atoms with E-state index < -0.39 is 22.7 Å². The lowest BCUT2D eigenvalue weighted by Gasteiger charge is -2.25. The molecule has 31 heavy (non-hydrogen) atoms. The van der Waals surface area contributed by atoms with E-state index in [-0.39, 0.29) is 22.6 Å². The van der Waals surface area contributed by atoms with Gasteiger partial charge in [0.15, 0.2) is 0 Å². The maximum atomic E-state index is 12.9. The van der Waals surface area contributed by atoms with Crippen LogP contribution in [-0.4, -0.2) is 40.3 Å². The van der Waals surface area contributed by atoms with Crippen molar-refractivity contribution in [3.8, 4) is 5.75 Å². The zero-order valence-electron chi connectivity index (χ0n) is 17.4. The summed E-state index contributed by atoms with van der Waals surface area (Å²) in [6, 6.07) is 11.4. The van der Waals surface area contributed by atoms with Crippen LogP contribution in [-0.2, 0) is 9.59 Å². The molecule has 2 aromatic rings. The summed E-state index contributed by atoms with van der Waals surface area (Å²) in [5.74, 6) is -1.25. The van der Waals surface area contributed by atoms with Crippen LogP contribution in [0.5, 0.6) is 5.75 Å². The highest BCUT2D eigenvalue weighted by Gasteiger charge is 2.45. The number of hydrogen-bond donors (Lipinski definition) is 1. The van der Waals surface area contributed by atoms with Crippen LogP contribution in [0.15, 0.2) is 54.1 Å². The maximum Gasteiger partial charge on any atom is 0.295 e. The second-order valence-electron chi connectivity index (χ2n) is 7.28. The van der Waals surface area contributed by atoms with Crippen LogP contribution in [0.2, 0.25) is 0 Å². The van der Waals surface area contributed by atoms with Crippen molar-refractivity contribution in [3.05, 3.63) is 75.3 Å². The topological polar surface area (TPSA) is 110 Å². The summed E-state index contributed by atoms with van der Waals surface area (Å²) in [7, 11) is 1.52. The van der Waals surface area contributed by atoms with Gasteiger partial charge in [-0.3, -0.25) is 19.7 Å². The smallest absolute Gasteiger partial charge is 0.295 e. The van der Waals surface area contributed by atoms with E-state index in [2.05, 4.69) is 0 Å². The number of ketones is 1. The third-order valence-corrected chi connectivity index (χ3v) is 5.30. The molecule has 0 bridgehead atoms. The summed E-state index contributed by atoms with van der Waals surface area (Å²) in [5.41, 5.74) is 0.688. The zero-order chi connectivity index (χ0) is 22.5. The first-order valence-corrected chi connectivity index (χ1v) is 10.1. The molecule has 8 nitrogen and oxygen atoms in total. The molecule has 1 N–H and O–H groups in total. The summed E-state index contributed by atoms with van der Waals surface area (Å²) >= 11 is 0. The highest BCUT2D eigenvalue weighted by molar-refractivity contribution is 6.46. The SMILES string of the molecule is CCCCCN1C(=O)C(=O)/C(=C(\O)c2ccc([N+](=O)[O-])cc2)C1c1cccc(OC)c1. The van der Waals surface area contributed by atoms with Gasteiger partial charge in [-0.2, -0.15) is 0 Å². The number of amides is 1. The average molecular weight is 424 g/mol. The first-order valence-electron chi connectivity index (χ1n) is 10.1. The van der Waals surface area contributed by atoms with Gasteiger partial charge in [0.2, 0.25) is 0 Å². The van der Waals surface area contributed by atoms with E-state index in [9.17, 15) is 24.8 Å². The van der Waals surface area contributed by atoms with Crippen molar-refractivity contribution in [1.82, 2.24) is 4.90 Å². The van der Waals surface area contributed by atoms with E-state index >= 15 is 0 Å². The molecule has 1 aliphatic rings. The number of aliphatic hydroxyl groups excluding tert-OH is 1. The van der Waals surface area contributed by atoms with E-state index in [1.165, 1.54) is 36.3 Å². The molecule has 1 aliphatic heterocycles. The Kier molecular flexibility index (Phi) is 6.69. The Labute approximate surface area is 179 Å². The van der Waals surface area contributed by atoms with Crippen molar-refractivity contribution in [3.63, 3.8) is 0 Å². The molecular weight excluding hydrogens is 400 g/mol. The van der Waals surface area contributed by atoms with Gasteiger partial charge in [-0.25, -0.2) is 0 Å². The second kappa shape index (κ2) is 9.42. The minimum Gasteiger partial charge on any atom is -0.507 e. The van der Waals surface area contributed by atoms with E-state index in [0.29, 0.717) is 17.9 Å². The number of carbonyl (C=O) groups is 2. The van der Waals surface area contributed by atoms with E-state index in [1.807, 2.05) is 6.92 Å². The lowest BCUT2D eigenvalue weighted by molar-refractivity contribution is -0.384. The number of nitro groups is 1. The molecule has 1 fully saturated rings. The molecular formula is C23H24N2O6. The fourth-order valence-corrected chi connectivity index (χ4v) is 3.70. The first kappa shape index (κ1) is 22.0. The number of rotatable bonds is 8. The number of aliphatic hydroxyl groups is 1. The number of nitro benzene ring substituents is 1. The summed E-state index contributed by atoms with van der Waals surface area (Å²) in [6.07, 6.45) is 2.58. The Morgan fingerprint density at radius 2 is 1.87 bits per heavy atom. The number of hydrogen-bond acceptors (Lipinski definition) is 6. The minimum absolute atomic E-state index is 0.0383. The molecule has 2 aromatic carbocycles. The third kappa shape index (κ3) is 4.42. The summed E-state index contributed by atoms with van der Waals surface area (Å²) in [4.78, 5) is 37.6. The Hall–Kier alpha value is -3.68. The molecule has 1 saturated heterocycles. The van der Waals surface area contributed by atoms with Crippen LogP contribution >= 0.6 is 0 Å². The van der Waals surface area contributed by atoms with E-state index in [0.717, 1.165) is 19.3 Å². The van der Waals surface area contributed by atoms with Crippen molar-refractivity contribution in [1.29, 1.82) is 0 Å². The third-order valence-electron chi connectivity index (χ3n) is 5.30. The number of unbranched alkanes of at least 4 members (excludes halogenated alkanes) is 2. The van der Waals surface area contributed by atoms with Crippen molar-refractivity contribution in [2.24, 2.45) is 0 Å². The molecule has 1 atom stereocenters. The largest absolute Gasteiger partial charge is 0.507 e. The van der Waals surface area contributed by atoms with Gasteiger partial charge in [-0.05, 0) is 36.2 Å². The maximum absolute atomic E-state index is 12.9. The number of Topliss-reactive ketones (excluding diaryl/α,β-unsaturated/α-hetero) is 1. The monoisotopic (exact) mass is 424 g/mol. The van der Waals surface area contributed by atoms with Gasteiger partial charge in [0, 0.05) is 24.2 Å². The fourth-order valence-electron chi connectivity index (χ4n) is 3.70. The van der Waals surface area contributed by atoms with Crippen LogP contribution in [0.1, 0.15) is 43.4 Å². The number of nitrogens with zero attached hydrogens (tertiary/aromatic N) is 2. The first-order chi connectivity index (χ1) is 14.9. The quantitative estimate of drug-likeness (QED) is 0.170. The highest BCUT2D eigenvalue weighted by atomic mass is 16.6. The number of carbonyl (C=O) groups excluding carboxylic acids is 2. The standard InChI is InChI=1S/C23H24N2O6/c1-3-4-5-13-24-20(16-7-6-8-18(14-16)31-2)19(22(27)23(24)28)21(26)15-9-11-17(12-10-15)25(29)30/h6-12,14,20,26H,3-5,13H2,1-2H3/b21-19-. The van der Waals surface area contributed by atoms with Crippen LogP contribution in [0, 0.1) is 10.1 Å². The lowest BCUT2D eigenvalue weighted by atomic mass is 9.95. The zero-order valence-corrected chi connectivity index (χ0v) is 17.4. The van der Waals surface area contributed by atoms with Gasteiger partial charge < -0.3 is 14.7 Å². The molecule has 0 aromatic heterocycles. The number of non-ortho nitro benzene ring substituents is 1. The Balaban J connectivity index is 2.12. The van der Waals surface area contributed by atoms with Crippen molar-refractivity contribution < 1.29 is 24.4 Å². The second-order valence-corrected chi connectivity index (χ2v) is 7.28. The van der Waals surface area contributed by atoms with Gasteiger partial charge >= 0.3 is 0 Å². The number of benzene rings is 2. The van der Waals surface area contributed by atoms with Gasteiger partial charge in [0.1, 0.15) is 11.5 Å². The van der Waals surface area contributed by atoms with E-state index in [4.69, 9.17) is 4.74 Å². The van der Waals surface area contributed by atoms with Gasteiger partial charge in [0.25, 0.3) is 17.4 Å². The minimum atomic E-state index is -0.778. The van der Waals surface area contributed by atoms with Crippen molar-refractivity contribution in [2.75, 3.05) is 13.7 Å². The predicted molar refractivity (Wildman–Crippen MR) is 115 cm³/mol. The van der Waals surface area contributed by atoms with Crippen LogP contribution < -0.4 is 4.74 Å².